The first-order valence-corrected chi connectivity index (χ1v) is 7.85. The van der Waals surface area contributed by atoms with Gasteiger partial charge in [-0.15, -0.1) is 5.10 Å². The molecule has 0 radical (unpaired) electrons. The standard InChI is InChI=1S/C16H15BrN4O2/c1-16(2,11-6-4-3-5-7-11)10-23-14(22)13-19-15-18-8-12(17)9-21(15)20-13/h3-9H,10H2,1-2H3. The van der Waals surface area contributed by atoms with E-state index >= 15 is 0 Å². The van der Waals surface area contributed by atoms with E-state index in [2.05, 4.69) is 31.0 Å². The van der Waals surface area contributed by atoms with E-state index in [-0.39, 0.29) is 17.8 Å². The highest BCUT2D eigenvalue weighted by Crippen LogP contribution is 2.23. The zero-order chi connectivity index (χ0) is 16.4. The number of esters is 1. The molecular weight excluding hydrogens is 360 g/mol. The van der Waals surface area contributed by atoms with E-state index in [0.717, 1.165) is 10.0 Å². The van der Waals surface area contributed by atoms with Gasteiger partial charge < -0.3 is 4.74 Å². The number of halogens is 1. The topological polar surface area (TPSA) is 69.4 Å². The van der Waals surface area contributed by atoms with Gasteiger partial charge in [0.25, 0.3) is 11.6 Å². The van der Waals surface area contributed by atoms with Gasteiger partial charge in [0.15, 0.2) is 0 Å². The number of hydrogen-bond donors (Lipinski definition) is 0. The molecule has 0 aliphatic carbocycles. The third kappa shape index (κ3) is 3.39. The van der Waals surface area contributed by atoms with Gasteiger partial charge in [-0.3, -0.25) is 0 Å². The average molecular weight is 375 g/mol. The highest BCUT2D eigenvalue weighted by Gasteiger charge is 2.24. The smallest absolute Gasteiger partial charge is 0.378 e. The lowest BCUT2D eigenvalue weighted by atomic mass is 9.86. The van der Waals surface area contributed by atoms with Crippen LogP contribution in [-0.2, 0) is 10.2 Å². The second-order valence-corrected chi connectivity index (χ2v) is 6.69. The number of ether oxygens (including phenoxy) is 1. The molecule has 3 rings (SSSR count). The summed E-state index contributed by atoms with van der Waals surface area (Å²) in [5, 5.41) is 4.09. The molecule has 0 N–H and O–H groups in total. The second-order valence-electron chi connectivity index (χ2n) is 5.78. The molecule has 7 heteroatoms. The van der Waals surface area contributed by atoms with Crippen molar-refractivity contribution in [2.45, 2.75) is 19.3 Å². The SMILES string of the molecule is CC(C)(COC(=O)c1nc2ncc(Br)cn2n1)c1ccccc1. The van der Waals surface area contributed by atoms with Crippen LogP contribution >= 0.6 is 15.9 Å². The highest BCUT2D eigenvalue weighted by molar-refractivity contribution is 9.10. The third-order valence-electron chi connectivity index (χ3n) is 3.46. The average Bonchev–Trinajstić information content (AvgIpc) is 2.96. The van der Waals surface area contributed by atoms with Crippen molar-refractivity contribution in [3.05, 3.63) is 58.6 Å². The number of aromatic nitrogens is 4. The minimum Gasteiger partial charge on any atom is -0.459 e. The number of hydrogen-bond acceptors (Lipinski definition) is 5. The maximum absolute atomic E-state index is 12.2. The van der Waals surface area contributed by atoms with Crippen LogP contribution in [0.3, 0.4) is 0 Å². The number of rotatable bonds is 4. The zero-order valence-corrected chi connectivity index (χ0v) is 14.3. The fraction of sp³-hybridized carbons (Fsp3) is 0.250. The van der Waals surface area contributed by atoms with Crippen LogP contribution in [0, 0.1) is 0 Å². The van der Waals surface area contributed by atoms with Crippen molar-refractivity contribution in [1.29, 1.82) is 0 Å². The van der Waals surface area contributed by atoms with Crippen LogP contribution in [0.2, 0.25) is 0 Å². The van der Waals surface area contributed by atoms with E-state index in [4.69, 9.17) is 4.74 Å². The van der Waals surface area contributed by atoms with Crippen LogP contribution in [-0.4, -0.2) is 32.2 Å². The van der Waals surface area contributed by atoms with E-state index in [1.807, 2.05) is 44.2 Å². The summed E-state index contributed by atoms with van der Waals surface area (Å²) in [5.41, 5.74) is 0.804. The fourth-order valence-corrected chi connectivity index (χ4v) is 2.43. The van der Waals surface area contributed by atoms with Gasteiger partial charge in [0.05, 0.1) is 4.47 Å². The first-order chi connectivity index (χ1) is 11.0. The Morgan fingerprint density at radius 3 is 2.78 bits per heavy atom. The van der Waals surface area contributed by atoms with E-state index < -0.39 is 5.97 Å². The Morgan fingerprint density at radius 1 is 1.30 bits per heavy atom. The summed E-state index contributed by atoms with van der Waals surface area (Å²) in [4.78, 5) is 20.3. The number of carbonyl (C=O) groups is 1. The van der Waals surface area contributed by atoms with E-state index in [0.29, 0.717) is 5.78 Å². The minimum absolute atomic E-state index is 0.000498. The molecule has 0 amide bonds. The van der Waals surface area contributed by atoms with Crippen molar-refractivity contribution >= 4 is 27.7 Å². The predicted molar refractivity (Wildman–Crippen MR) is 88.2 cm³/mol. The molecule has 0 aliphatic heterocycles. The molecule has 23 heavy (non-hydrogen) atoms. The summed E-state index contributed by atoms with van der Waals surface area (Å²) in [5.74, 6) is -0.211. The number of fused-ring (bicyclic) bond motifs is 1. The number of benzene rings is 1. The molecule has 118 valence electrons. The van der Waals surface area contributed by atoms with Gasteiger partial charge in [-0.05, 0) is 21.5 Å². The lowest BCUT2D eigenvalue weighted by Crippen LogP contribution is -2.26. The van der Waals surface area contributed by atoms with Gasteiger partial charge in [0.1, 0.15) is 6.61 Å². The first-order valence-electron chi connectivity index (χ1n) is 7.06. The van der Waals surface area contributed by atoms with E-state index in [1.165, 1.54) is 4.52 Å². The monoisotopic (exact) mass is 374 g/mol. The summed E-state index contributed by atoms with van der Waals surface area (Å²) in [6, 6.07) is 9.91. The van der Waals surface area contributed by atoms with Crippen molar-refractivity contribution in [1.82, 2.24) is 19.6 Å². The lowest BCUT2D eigenvalue weighted by Gasteiger charge is -2.24. The molecule has 3 aromatic rings. The number of nitrogens with zero attached hydrogens (tertiary/aromatic N) is 4. The Balaban J connectivity index is 1.73. The Labute approximate surface area is 141 Å². The quantitative estimate of drug-likeness (QED) is 0.656. The number of carbonyl (C=O) groups excluding carboxylic acids is 1. The molecular formula is C16H15BrN4O2. The predicted octanol–water partition coefficient (Wildman–Crippen LogP) is 3.02. The molecule has 1 aromatic carbocycles. The minimum atomic E-state index is -0.560. The van der Waals surface area contributed by atoms with Gasteiger partial charge in [-0.25, -0.2) is 14.3 Å². The zero-order valence-electron chi connectivity index (χ0n) is 12.7. The van der Waals surface area contributed by atoms with Gasteiger partial charge in [0, 0.05) is 17.8 Å². The van der Waals surface area contributed by atoms with Crippen LogP contribution < -0.4 is 0 Å². The van der Waals surface area contributed by atoms with Gasteiger partial charge >= 0.3 is 5.97 Å². The van der Waals surface area contributed by atoms with Gasteiger partial charge in [-0.1, -0.05) is 44.2 Å². The maximum Gasteiger partial charge on any atom is 0.378 e. The van der Waals surface area contributed by atoms with Crippen molar-refractivity contribution in [3.63, 3.8) is 0 Å². The summed E-state index contributed by atoms with van der Waals surface area (Å²) < 4.78 is 7.57. The molecule has 0 spiro atoms. The van der Waals surface area contributed by atoms with Crippen molar-refractivity contribution < 1.29 is 9.53 Å². The second kappa shape index (κ2) is 6.08. The molecule has 0 unspecified atom stereocenters. The van der Waals surface area contributed by atoms with Crippen LogP contribution in [0.25, 0.3) is 5.78 Å². The fourth-order valence-electron chi connectivity index (χ4n) is 2.13. The molecule has 0 saturated carbocycles. The summed E-state index contributed by atoms with van der Waals surface area (Å²) in [7, 11) is 0. The molecule has 6 nitrogen and oxygen atoms in total. The molecule has 0 bridgehead atoms. The molecule has 0 fully saturated rings. The molecule has 2 aromatic heterocycles. The first kappa shape index (κ1) is 15.6. The van der Waals surface area contributed by atoms with Crippen LogP contribution in [0.15, 0.2) is 47.2 Å². The Hall–Kier alpha value is -2.28. The van der Waals surface area contributed by atoms with Crippen molar-refractivity contribution in [2.75, 3.05) is 6.61 Å². The largest absolute Gasteiger partial charge is 0.459 e. The third-order valence-corrected chi connectivity index (χ3v) is 3.87. The van der Waals surface area contributed by atoms with Crippen LogP contribution in [0.5, 0.6) is 0 Å². The van der Waals surface area contributed by atoms with Crippen molar-refractivity contribution in [2.24, 2.45) is 0 Å². The Kier molecular flexibility index (Phi) is 4.12. The molecule has 0 atom stereocenters. The van der Waals surface area contributed by atoms with Gasteiger partial charge in [-0.2, -0.15) is 4.98 Å². The molecule has 0 aliphatic rings. The highest BCUT2D eigenvalue weighted by atomic mass is 79.9. The Bertz CT molecular complexity index is 846. The summed E-state index contributed by atoms with van der Waals surface area (Å²) in [6.45, 7) is 4.28. The van der Waals surface area contributed by atoms with Crippen LogP contribution in [0.4, 0.5) is 0 Å². The normalized spacial score (nSPS) is 11.6. The molecule has 2 heterocycles. The van der Waals surface area contributed by atoms with Gasteiger partial charge in [0.2, 0.25) is 0 Å². The van der Waals surface area contributed by atoms with E-state index in [9.17, 15) is 4.79 Å². The van der Waals surface area contributed by atoms with Crippen LogP contribution in [0.1, 0.15) is 30.0 Å². The summed E-state index contributed by atoms with van der Waals surface area (Å²) in [6.07, 6.45) is 3.28. The Morgan fingerprint density at radius 2 is 2.04 bits per heavy atom. The lowest BCUT2D eigenvalue weighted by molar-refractivity contribution is 0.0413. The van der Waals surface area contributed by atoms with E-state index in [1.54, 1.807) is 12.4 Å². The van der Waals surface area contributed by atoms with Crippen molar-refractivity contribution in [3.8, 4) is 0 Å². The maximum atomic E-state index is 12.2. The summed E-state index contributed by atoms with van der Waals surface area (Å²) >= 11 is 3.29. The molecule has 0 saturated heterocycles.